The normalized spacial score (nSPS) is 11.2. The van der Waals surface area contributed by atoms with Crippen molar-refractivity contribution in [3.05, 3.63) is 253 Å². The molecule has 0 aliphatic heterocycles. The molecule has 0 atom stereocenters. The molecule has 13 rings (SSSR count). The quantitative estimate of drug-likeness (QED) is 0.141. The zero-order chi connectivity index (χ0) is 49.7. The van der Waals surface area contributed by atoms with Crippen LogP contribution in [0.2, 0.25) is 0 Å². The first-order chi connectivity index (χ1) is 36.5. The van der Waals surface area contributed by atoms with Crippen LogP contribution in [0.5, 0.6) is 0 Å². The van der Waals surface area contributed by atoms with Gasteiger partial charge in [-0.2, -0.15) is 10.5 Å². The molecule has 0 N–H and O–H groups in total. The average molecular weight is 943 g/mol. The van der Waals surface area contributed by atoms with Gasteiger partial charge in [-0.05, 0) is 112 Å². The second-order valence-electron chi connectivity index (χ2n) is 18.1. The lowest BCUT2D eigenvalue weighted by molar-refractivity contribution is 1.07. The summed E-state index contributed by atoms with van der Waals surface area (Å²) in [7, 11) is 0. The van der Waals surface area contributed by atoms with E-state index in [1.54, 1.807) is 0 Å². The summed E-state index contributed by atoms with van der Waals surface area (Å²) < 4.78 is 4.57. The van der Waals surface area contributed by atoms with Gasteiger partial charge in [0.15, 0.2) is 23.2 Å². The molecular weight excluding hydrogens is 905 g/mol. The fraction of sp³-hybridized carbons (Fsp3) is 0. The number of nitrogens with zero attached hydrogens (tertiary/aromatic N) is 8. The highest BCUT2D eigenvalue weighted by molar-refractivity contribution is 6.10. The standard InChI is InChI=1S/C66H38N8/c1-69-47-17-13-16-46(37-47)52-35-33-49(74-62-26-10-6-21-55(62)56-22-7-11-27-63(56)74)39-59(52)66-71-64(57-23-3-2-18-50(57)44-30-28-42(40-67)29-31-44)70-65(72-66)58-38-48(32-34-51(58)45-15-12-14-43(36-45)41-68)73-60-24-8-4-19-53(60)54-20-5-9-25-61(54)73/h2-39H. The summed E-state index contributed by atoms with van der Waals surface area (Å²) in [5, 5.41) is 24.5. The van der Waals surface area contributed by atoms with Gasteiger partial charge in [0.1, 0.15) is 0 Å². The molecule has 8 heteroatoms. The third-order valence-electron chi connectivity index (χ3n) is 13.9. The Bertz CT molecular complexity index is 4190. The Labute approximate surface area is 426 Å². The van der Waals surface area contributed by atoms with Crippen molar-refractivity contribution in [1.82, 2.24) is 24.1 Å². The number of nitriles is 2. The first-order valence-electron chi connectivity index (χ1n) is 24.2. The summed E-state index contributed by atoms with van der Waals surface area (Å²) in [5.74, 6) is 1.28. The molecule has 0 amide bonds. The summed E-state index contributed by atoms with van der Waals surface area (Å²) >= 11 is 0. The molecule has 3 aromatic heterocycles. The van der Waals surface area contributed by atoms with Crippen LogP contribution in [0.15, 0.2) is 231 Å². The van der Waals surface area contributed by atoms with Gasteiger partial charge in [0, 0.05) is 49.6 Å². The molecular formula is C66H38N8. The highest BCUT2D eigenvalue weighted by Gasteiger charge is 2.23. The fourth-order valence-electron chi connectivity index (χ4n) is 10.5. The number of benzene rings is 10. The van der Waals surface area contributed by atoms with E-state index in [4.69, 9.17) is 21.5 Å². The number of fused-ring (bicyclic) bond motifs is 6. The van der Waals surface area contributed by atoms with Crippen LogP contribution in [0.25, 0.3) is 127 Å². The summed E-state index contributed by atoms with van der Waals surface area (Å²) in [6.07, 6.45) is 0. The topological polar surface area (TPSA) is 100 Å². The van der Waals surface area contributed by atoms with E-state index in [0.29, 0.717) is 34.3 Å². The van der Waals surface area contributed by atoms with Gasteiger partial charge in [0.25, 0.3) is 0 Å². The molecule has 10 aromatic carbocycles. The number of hydrogen-bond donors (Lipinski definition) is 0. The molecule has 0 aliphatic rings. The molecule has 342 valence electrons. The van der Waals surface area contributed by atoms with Crippen molar-refractivity contribution in [2.45, 2.75) is 0 Å². The summed E-state index contributed by atoms with van der Waals surface area (Å²) in [6.45, 7) is 7.99. The Morgan fingerprint density at radius 1 is 0.338 bits per heavy atom. The fourth-order valence-corrected chi connectivity index (χ4v) is 10.5. The molecule has 0 unspecified atom stereocenters. The minimum Gasteiger partial charge on any atom is -0.309 e. The number of aromatic nitrogens is 5. The molecule has 0 saturated heterocycles. The smallest absolute Gasteiger partial charge is 0.187 e. The van der Waals surface area contributed by atoms with E-state index in [1.165, 1.54) is 0 Å². The lowest BCUT2D eigenvalue weighted by Gasteiger charge is -2.18. The third-order valence-corrected chi connectivity index (χ3v) is 13.9. The van der Waals surface area contributed by atoms with Gasteiger partial charge in [0.2, 0.25) is 0 Å². The van der Waals surface area contributed by atoms with E-state index in [1.807, 2.05) is 97.1 Å². The molecule has 0 spiro atoms. The van der Waals surface area contributed by atoms with E-state index >= 15 is 0 Å². The Kier molecular flexibility index (Phi) is 10.5. The molecule has 0 saturated carbocycles. The Hall–Kier alpha value is -10.7. The van der Waals surface area contributed by atoms with Gasteiger partial charge in [-0.1, -0.05) is 152 Å². The molecule has 0 fully saturated rings. The third kappa shape index (κ3) is 7.33. The predicted molar refractivity (Wildman–Crippen MR) is 297 cm³/mol. The molecule has 0 bridgehead atoms. The van der Waals surface area contributed by atoms with Crippen molar-refractivity contribution in [1.29, 1.82) is 10.5 Å². The minimum atomic E-state index is 0.419. The molecule has 13 aromatic rings. The largest absolute Gasteiger partial charge is 0.309 e. The van der Waals surface area contributed by atoms with Crippen LogP contribution >= 0.6 is 0 Å². The van der Waals surface area contributed by atoms with Crippen molar-refractivity contribution in [3.8, 4) is 91.1 Å². The van der Waals surface area contributed by atoms with Crippen LogP contribution in [-0.2, 0) is 0 Å². The van der Waals surface area contributed by atoms with Crippen LogP contribution in [0.3, 0.4) is 0 Å². The highest BCUT2D eigenvalue weighted by atomic mass is 15.0. The minimum absolute atomic E-state index is 0.419. The molecule has 0 radical (unpaired) electrons. The maximum absolute atomic E-state index is 10.2. The Balaban J connectivity index is 1.14. The van der Waals surface area contributed by atoms with Crippen LogP contribution < -0.4 is 0 Å². The van der Waals surface area contributed by atoms with Gasteiger partial charge in [-0.25, -0.2) is 19.8 Å². The monoisotopic (exact) mass is 942 g/mol. The van der Waals surface area contributed by atoms with E-state index < -0.39 is 0 Å². The zero-order valence-corrected chi connectivity index (χ0v) is 39.5. The lowest BCUT2D eigenvalue weighted by atomic mass is 9.95. The van der Waals surface area contributed by atoms with Gasteiger partial charge in [-0.15, -0.1) is 0 Å². The van der Waals surface area contributed by atoms with E-state index in [-0.39, 0.29) is 0 Å². The van der Waals surface area contributed by atoms with E-state index in [9.17, 15) is 10.5 Å². The van der Waals surface area contributed by atoms with Gasteiger partial charge >= 0.3 is 0 Å². The summed E-state index contributed by atoms with van der Waals surface area (Å²) in [4.78, 5) is 20.4. The van der Waals surface area contributed by atoms with Gasteiger partial charge in [-0.3, -0.25) is 0 Å². The average Bonchev–Trinajstić information content (AvgIpc) is 4.02. The molecule has 8 nitrogen and oxygen atoms in total. The van der Waals surface area contributed by atoms with Gasteiger partial charge < -0.3 is 9.13 Å². The summed E-state index contributed by atoms with van der Waals surface area (Å²) in [6, 6.07) is 82.0. The number of para-hydroxylation sites is 4. The van der Waals surface area contributed by atoms with Crippen molar-refractivity contribution in [3.63, 3.8) is 0 Å². The first-order valence-corrected chi connectivity index (χ1v) is 24.2. The van der Waals surface area contributed by atoms with Crippen LogP contribution in [-0.4, -0.2) is 24.1 Å². The SMILES string of the molecule is [C-]#[N+]c1cccc(-c2ccc(-n3c4ccccc4c4ccccc43)cc2-c2nc(-c3ccccc3-c3ccc(C#N)cc3)nc(-c3cc(-n4c5ccccc5c5ccccc54)ccc3-c3cccc(C#N)c3)n2)c1. The molecule has 3 heterocycles. The predicted octanol–water partition coefficient (Wildman–Crippen LogP) is 16.4. The molecule has 74 heavy (non-hydrogen) atoms. The van der Waals surface area contributed by atoms with Crippen molar-refractivity contribution in [2.75, 3.05) is 0 Å². The van der Waals surface area contributed by atoms with Crippen molar-refractivity contribution < 1.29 is 0 Å². The van der Waals surface area contributed by atoms with Crippen molar-refractivity contribution in [2.24, 2.45) is 0 Å². The maximum Gasteiger partial charge on any atom is 0.187 e. The second kappa shape index (κ2) is 17.9. The molecule has 0 aliphatic carbocycles. The van der Waals surface area contributed by atoms with Crippen LogP contribution in [0, 0.1) is 29.2 Å². The summed E-state index contributed by atoms with van der Waals surface area (Å²) in [5.41, 5.74) is 15.0. The number of rotatable bonds is 8. The second-order valence-corrected chi connectivity index (χ2v) is 18.1. The highest BCUT2D eigenvalue weighted by Crippen LogP contribution is 2.42. The lowest BCUT2D eigenvalue weighted by Crippen LogP contribution is -2.04. The maximum atomic E-state index is 10.2. The zero-order valence-electron chi connectivity index (χ0n) is 39.5. The van der Waals surface area contributed by atoms with Gasteiger partial charge in [0.05, 0.1) is 51.9 Å². The first kappa shape index (κ1) is 43.3. The Morgan fingerprint density at radius 2 is 0.757 bits per heavy atom. The van der Waals surface area contributed by atoms with Crippen LogP contribution in [0.1, 0.15) is 11.1 Å². The van der Waals surface area contributed by atoms with E-state index in [2.05, 4.69) is 160 Å². The Morgan fingerprint density at radius 3 is 1.24 bits per heavy atom. The number of hydrogen-bond acceptors (Lipinski definition) is 5. The van der Waals surface area contributed by atoms with Crippen LogP contribution in [0.4, 0.5) is 5.69 Å². The van der Waals surface area contributed by atoms with E-state index in [0.717, 1.165) is 105 Å². The van der Waals surface area contributed by atoms with Crippen molar-refractivity contribution >= 4 is 49.3 Å².